The molecule has 21 heavy (non-hydrogen) atoms. The molecule has 1 aromatic carbocycles. The minimum Gasteiger partial charge on any atom is -0.302 e. The molecule has 0 spiro atoms. The van der Waals surface area contributed by atoms with Crippen molar-refractivity contribution in [1.82, 2.24) is 9.88 Å². The van der Waals surface area contributed by atoms with E-state index in [4.69, 9.17) is 11.6 Å². The monoisotopic (exact) mass is 325 g/mol. The number of fused-ring (bicyclic) bond motifs is 1. The van der Waals surface area contributed by atoms with E-state index in [-0.39, 0.29) is 5.91 Å². The maximum Gasteiger partial charge on any atom is 0.225 e. The molecular formula is C15H20ClN3OS. The summed E-state index contributed by atoms with van der Waals surface area (Å²) in [5.41, 5.74) is 0.772. The summed E-state index contributed by atoms with van der Waals surface area (Å²) in [5, 5.41) is 1.35. The number of amides is 1. The molecule has 0 bridgehead atoms. The molecule has 0 unspecified atom stereocenters. The molecule has 0 radical (unpaired) electrons. The zero-order chi connectivity index (χ0) is 15.4. The summed E-state index contributed by atoms with van der Waals surface area (Å²) in [7, 11) is 0. The molecular weight excluding hydrogens is 306 g/mol. The van der Waals surface area contributed by atoms with Crippen LogP contribution in [0.3, 0.4) is 0 Å². The van der Waals surface area contributed by atoms with Crippen LogP contribution >= 0.6 is 22.9 Å². The van der Waals surface area contributed by atoms with Crippen molar-refractivity contribution in [1.29, 1.82) is 0 Å². The van der Waals surface area contributed by atoms with Crippen molar-refractivity contribution in [3.8, 4) is 0 Å². The van der Waals surface area contributed by atoms with Gasteiger partial charge in [-0.1, -0.05) is 42.9 Å². The number of hydrogen-bond donors (Lipinski definition) is 0. The van der Waals surface area contributed by atoms with Crippen molar-refractivity contribution in [3.63, 3.8) is 0 Å². The Morgan fingerprint density at radius 3 is 2.57 bits per heavy atom. The van der Waals surface area contributed by atoms with Crippen LogP contribution in [-0.4, -0.2) is 42.0 Å². The minimum atomic E-state index is 0.0114. The van der Waals surface area contributed by atoms with Crippen molar-refractivity contribution < 1.29 is 4.79 Å². The van der Waals surface area contributed by atoms with E-state index in [1.54, 1.807) is 11.8 Å². The molecule has 0 aliphatic heterocycles. The number of para-hydroxylation sites is 1. The summed E-state index contributed by atoms with van der Waals surface area (Å²) in [6, 6.07) is 5.70. The summed E-state index contributed by atoms with van der Waals surface area (Å²) >= 11 is 7.67. The van der Waals surface area contributed by atoms with E-state index in [1.807, 2.05) is 18.2 Å². The van der Waals surface area contributed by atoms with E-state index >= 15 is 0 Å². The Morgan fingerprint density at radius 2 is 2.00 bits per heavy atom. The van der Waals surface area contributed by atoms with Gasteiger partial charge in [-0.3, -0.25) is 9.69 Å². The fraction of sp³-hybridized carbons (Fsp3) is 0.467. The second kappa shape index (κ2) is 7.20. The van der Waals surface area contributed by atoms with E-state index in [2.05, 4.69) is 23.7 Å². The lowest BCUT2D eigenvalue weighted by Gasteiger charge is -2.23. The normalized spacial score (nSPS) is 11.3. The molecule has 0 atom stereocenters. The third-order valence-corrected chi connectivity index (χ3v) is 4.85. The SMILES string of the molecule is CCN(CC)CCN(C(C)=O)c1nc2c(Cl)cccc2s1. The Morgan fingerprint density at radius 1 is 1.29 bits per heavy atom. The lowest BCUT2D eigenvalue weighted by Crippen LogP contribution is -2.37. The smallest absolute Gasteiger partial charge is 0.225 e. The van der Waals surface area contributed by atoms with Crippen LogP contribution in [0.4, 0.5) is 5.13 Å². The fourth-order valence-electron chi connectivity index (χ4n) is 2.19. The molecule has 0 aliphatic carbocycles. The molecule has 0 saturated carbocycles. The van der Waals surface area contributed by atoms with E-state index in [0.717, 1.165) is 35.0 Å². The van der Waals surface area contributed by atoms with Gasteiger partial charge in [0.15, 0.2) is 5.13 Å². The molecule has 0 aliphatic rings. The predicted octanol–water partition coefficient (Wildman–Crippen LogP) is 3.64. The van der Waals surface area contributed by atoms with Gasteiger partial charge >= 0.3 is 0 Å². The van der Waals surface area contributed by atoms with Crippen LogP contribution in [0.1, 0.15) is 20.8 Å². The largest absolute Gasteiger partial charge is 0.302 e. The highest BCUT2D eigenvalue weighted by Gasteiger charge is 2.17. The summed E-state index contributed by atoms with van der Waals surface area (Å²) < 4.78 is 1.01. The molecule has 1 aromatic heterocycles. The molecule has 6 heteroatoms. The lowest BCUT2D eigenvalue weighted by molar-refractivity contribution is -0.116. The van der Waals surface area contributed by atoms with Gasteiger partial charge in [0, 0.05) is 20.0 Å². The number of hydrogen-bond acceptors (Lipinski definition) is 4. The Balaban J connectivity index is 2.24. The van der Waals surface area contributed by atoms with Gasteiger partial charge < -0.3 is 4.90 Å². The maximum absolute atomic E-state index is 11.9. The standard InChI is InChI=1S/C15H20ClN3OS/c1-4-18(5-2)9-10-19(11(3)20)15-17-14-12(16)7-6-8-13(14)21-15/h6-8H,4-5,9-10H2,1-3H3. The first-order chi connectivity index (χ1) is 10.1. The van der Waals surface area contributed by atoms with Gasteiger partial charge in [-0.2, -0.15) is 0 Å². The summed E-state index contributed by atoms with van der Waals surface area (Å²) in [5.74, 6) is 0.0114. The van der Waals surface area contributed by atoms with E-state index in [1.165, 1.54) is 11.3 Å². The van der Waals surface area contributed by atoms with E-state index in [9.17, 15) is 4.79 Å². The third-order valence-electron chi connectivity index (χ3n) is 3.50. The van der Waals surface area contributed by atoms with Crippen LogP contribution in [0, 0.1) is 0 Å². The molecule has 4 nitrogen and oxygen atoms in total. The molecule has 0 N–H and O–H groups in total. The molecule has 2 rings (SSSR count). The second-order valence-corrected chi connectivity index (χ2v) is 6.20. The van der Waals surface area contributed by atoms with Crippen molar-refractivity contribution in [2.24, 2.45) is 0 Å². The zero-order valence-corrected chi connectivity index (χ0v) is 14.2. The molecule has 0 fully saturated rings. The first kappa shape index (κ1) is 16.2. The highest BCUT2D eigenvalue weighted by atomic mass is 35.5. The number of carbonyl (C=O) groups excluding carboxylic acids is 1. The number of likely N-dealkylation sites (N-methyl/N-ethyl adjacent to an activating group) is 1. The van der Waals surface area contributed by atoms with Gasteiger partial charge in [-0.15, -0.1) is 0 Å². The Bertz CT molecular complexity index is 624. The predicted molar refractivity (Wildman–Crippen MR) is 90.4 cm³/mol. The first-order valence-electron chi connectivity index (χ1n) is 7.12. The number of aromatic nitrogens is 1. The molecule has 1 heterocycles. The van der Waals surface area contributed by atoms with E-state index < -0.39 is 0 Å². The number of thiazole rings is 1. The van der Waals surface area contributed by atoms with Crippen molar-refractivity contribution in [2.75, 3.05) is 31.1 Å². The zero-order valence-electron chi connectivity index (χ0n) is 12.6. The van der Waals surface area contributed by atoms with Crippen LogP contribution in [0.15, 0.2) is 18.2 Å². The van der Waals surface area contributed by atoms with Crippen LogP contribution in [0.25, 0.3) is 10.2 Å². The Hall–Kier alpha value is -1.17. The quantitative estimate of drug-likeness (QED) is 0.813. The van der Waals surface area contributed by atoms with E-state index in [0.29, 0.717) is 11.6 Å². The number of benzene rings is 1. The first-order valence-corrected chi connectivity index (χ1v) is 8.31. The van der Waals surface area contributed by atoms with Gasteiger partial charge in [0.25, 0.3) is 0 Å². The van der Waals surface area contributed by atoms with Gasteiger partial charge in [-0.25, -0.2) is 4.98 Å². The topological polar surface area (TPSA) is 36.4 Å². The van der Waals surface area contributed by atoms with Crippen LogP contribution in [0.5, 0.6) is 0 Å². The Kier molecular flexibility index (Phi) is 5.56. The third kappa shape index (κ3) is 3.73. The molecule has 1 amide bonds. The van der Waals surface area contributed by atoms with Gasteiger partial charge in [0.05, 0.1) is 9.72 Å². The minimum absolute atomic E-state index is 0.0114. The highest BCUT2D eigenvalue weighted by molar-refractivity contribution is 7.22. The number of nitrogens with zero attached hydrogens (tertiary/aromatic N) is 3. The van der Waals surface area contributed by atoms with Crippen molar-refractivity contribution in [3.05, 3.63) is 23.2 Å². The number of carbonyl (C=O) groups is 1. The lowest BCUT2D eigenvalue weighted by atomic mass is 10.3. The number of halogens is 1. The summed E-state index contributed by atoms with van der Waals surface area (Å²) in [6.45, 7) is 9.28. The van der Waals surface area contributed by atoms with Crippen LogP contribution in [0.2, 0.25) is 5.02 Å². The average molecular weight is 326 g/mol. The highest BCUT2D eigenvalue weighted by Crippen LogP contribution is 2.32. The fourth-order valence-corrected chi connectivity index (χ4v) is 3.52. The van der Waals surface area contributed by atoms with Crippen LogP contribution < -0.4 is 4.90 Å². The maximum atomic E-state index is 11.9. The van der Waals surface area contributed by atoms with Crippen molar-refractivity contribution in [2.45, 2.75) is 20.8 Å². The summed E-state index contributed by atoms with van der Waals surface area (Å²) in [6.07, 6.45) is 0. The molecule has 114 valence electrons. The van der Waals surface area contributed by atoms with Gasteiger partial charge in [0.1, 0.15) is 5.52 Å². The Labute approximate surface area is 134 Å². The molecule has 2 aromatic rings. The molecule has 0 saturated heterocycles. The van der Waals surface area contributed by atoms with Crippen LogP contribution in [-0.2, 0) is 4.79 Å². The second-order valence-electron chi connectivity index (χ2n) is 4.78. The van der Waals surface area contributed by atoms with Gasteiger partial charge in [0.2, 0.25) is 5.91 Å². The number of rotatable bonds is 6. The summed E-state index contributed by atoms with van der Waals surface area (Å²) in [4.78, 5) is 20.5. The van der Waals surface area contributed by atoms with Crippen molar-refractivity contribution >= 4 is 44.2 Å². The van der Waals surface area contributed by atoms with Gasteiger partial charge in [-0.05, 0) is 25.2 Å². The average Bonchev–Trinajstić information content (AvgIpc) is 2.88. The number of anilines is 1.